The van der Waals surface area contributed by atoms with Crippen LogP contribution in [0, 0.1) is 0 Å². The summed E-state index contributed by atoms with van der Waals surface area (Å²) in [6, 6.07) is 9.32. The third-order valence-corrected chi connectivity index (χ3v) is 3.79. The van der Waals surface area contributed by atoms with E-state index in [-0.39, 0.29) is 17.1 Å². The average molecular weight is 357 g/mol. The van der Waals surface area contributed by atoms with E-state index in [2.05, 4.69) is 27.4 Å². The number of para-hydroxylation sites is 1. The number of aromatic nitrogens is 2. The van der Waals surface area contributed by atoms with Crippen LogP contribution in [0.3, 0.4) is 0 Å². The van der Waals surface area contributed by atoms with Crippen molar-refractivity contribution in [3.63, 3.8) is 0 Å². The molecule has 3 aromatic rings. The van der Waals surface area contributed by atoms with E-state index in [0.29, 0.717) is 21.6 Å². The van der Waals surface area contributed by atoms with Crippen molar-refractivity contribution in [3.05, 3.63) is 59.6 Å². The highest BCUT2D eigenvalue weighted by Crippen LogP contribution is 2.28. The van der Waals surface area contributed by atoms with Gasteiger partial charge in [0, 0.05) is 11.1 Å². The normalized spacial score (nSPS) is 10.4. The molecule has 0 spiro atoms. The topological polar surface area (TPSA) is 107 Å². The Morgan fingerprint density at radius 2 is 2.04 bits per heavy atom. The Morgan fingerprint density at radius 1 is 1.24 bits per heavy atom. The number of fused-ring (bicyclic) bond motifs is 1. The van der Waals surface area contributed by atoms with Gasteiger partial charge < -0.3 is 15.7 Å². The Balaban J connectivity index is 1.90. The molecule has 1 heterocycles. The smallest absolute Gasteiger partial charge is 0.260 e. The van der Waals surface area contributed by atoms with Gasteiger partial charge in [-0.2, -0.15) is 5.10 Å². The second-order valence-corrected chi connectivity index (χ2v) is 5.52. The molecule has 0 radical (unpaired) electrons. The zero-order valence-corrected chi connectivity index (χ0v) is 13.6. The molecule has 0 aliphatic heterocycles. The van der Waals surface area contributed by atoms with Crippen LogP contribution in [-0.4, -0.2) is 27.1 Å². The Kier molecular flexibility index (Phi) is 4.40. The van der Waals surface area contributed by atoms with Crippen molar-refractivity contribution in [1.82, 2.24) is 10.2 Å². The standard InChI is InChI=1S/C17H13ClN4O3/c1-2-14(24)19-9-6-7-13(23)11(8-9)17(25)20-16-10-4-3-5-12(18)15(10)21-22-16/h2-8,23H,1H2,(H,19,24)(H2,20,21,22,25). The van der Waals surface area contributed by atoms with Crippen LogP contribution < -0.4 is 10.6 Å². The highest BCUT2D eigenvalue weighted by Gasteiger charge is 2.16. The summed E-state index contributed by atoms with van der Waals surface area (Å²) in [5, 5.41) is 23.0. The highest BCUT2D eigenvalue weighted by atomic mass is 35.5. The van der Waals surface area contributed by atoms with Crippen LogP contribution >= 0.6 is 11.6 Å². The number of aromatic hydroxyl groups is 1. The number of benzene rings is 2. The molecule has 0 unspecified atom stereocenters. The van der Waals surface area contributed by atoms with Crippen LogP contribution in [0.2, 0.25) is 5.02 Å². The maximum Gasteiger partial charge on any atom is 0.260 e. The molecular weight excluding hydrogens is 344 g/mol. The summed E-state index contributed by atoms with van der Waals surface area (Å²) < 4.78 is 0. The van der Waals surface area contributed by atoms with Gasteiger partial charge in [0.05, 0.1) is 16.1 Å². The first kappa shape index (κ1) is 16.5. The summed E-state index contributed by atoms with van der Waals surface area (Å²) in [5.41, 5.74) is 0.929. The fourth-order valence-electron chi connectivity index (χ4n) is 2.27. The predicted molar refractivity (Wildman–Crippen MR) is 96.0 cm³/mol. The number of rotatable bonds is 4. The Bertz CT molecular complexity index is 997. The number of nitrogens with one attached hydrogen (secondary N) is 3. The van der Waals surface area contributed by atoms with Crippen molar-refractivity contribution >= 4 is 45.8 Å². The molecule has 0 aliphatic rings. The van der Waals surface area contributed by atoms with E-state index in [1.807, 2.05) is 0 Å². The fourth-order valence-corrected chi connectivity index (χ4v) is 2.48. The molecule has 1 aromatic heterocycles. The monoisotopic (exact) mass is 356 g/mol. The van der Waals surface area contributed by atoms with Crippen LogP contribution in [0.15, 0.2) is 49.1 Å². The molecule has 126 valence electrons. The van der Waals surface area contributed by atoms with E-state index in [1.54, 1.807) is 18.2 Å². The molecule has 4 N–H and O–H groups in total. The number of anilines is 2. The zero-order chi connectivity index (χ0) is 18.0. The number of carbonyl (C=O) groups is 2. The maximum absolute atomic E-state index is 12.5. The van der Waals surface area contributed by atoms with Crippen LogP contribution in [0.5, 0.6) is 5.75 Å². The van der Waals surface area contributed by atoms with Crippen molar-refractivity contribution in [2.45, 2.75) is 0 Å². The first-order chi connectivity index (χ1) is 12.0. The minimum atomic E-state index is -0.583. The maximum atomic E-state index is 12.5. The van der Waals surface area contributed by atoms with Crippen LogP contribution in [-0.2, 0) is 4.79 Å². The number of phenols is 1. The largest absolute Gasteiger partial charge is 0.507 e. The first-order valence-electron chi connectivity index (χ1n) is 7.20. The average Bonchev–Trinajstić information content (AvgIpc) is 3.00. The molecule has 7 nitrogen and oxygen atoms in total. The number of hydrogen-bond acceptors (Lipinski definition) is 4. The van der Waals surface area contributed by atoms with Crippen LogP contribution in [0.25, 0.3) is 10.9 Å². The summed E-state index contributed by atoms with van der Waals surface area (Å²) in [4.78, 5) is 23.8. The van der Waals surface area contributed by atoms with E-state index in [1.165, 1.54) is 18.2 Å². The fraction of sp³-hybridized carbons (Fsp3) is 0. The van der Waals surface area contributed by atoms with Crippen molar-refractivity contribution < 1.29 is 14.7 Å². The van der Waals surface area contributed by atoms with Gasteiger partial charge in [-0.15, -0.1) is 0 Å². The van der Waals surface area contributed by atoms with E-state index in [9.17, 15) is 14.7 Å². The SMILES string of the molecule is C=CC(=O)Nc1ccc(O)c(C(=O)Nc2n[nH]c3c(Cl)cccc23)c1. The van der Waals surface area contributed by atoms with Gasteiger partial charge in [-0.1, -0.05) is 24.2 Å². The molecule has 0 bridgehead atoms. The second kappa shape index (κ2) is 6.66. The quantitative estimate of drug-likeness (QED) is 0.425. The molecule has 0 saturated heterocycles. The summed E-state index contributed by atoms with van der Waals surface area (Å²) in [6.45, 7) is 3.35. The van der Waals surface area contributed by atoms with Crippen molar-refractivity contribution in [3.8, 4) is 5.75 Å². The number of phenolic OH excluding ortho intramolecular Hbond substituents is 1. The Labute approximate surface area is 147 Å². The number of amides is 2. The van der Waals surface area contributed by atoms with Crippen molar-refractivity contribution in [2.24, 2.45) is 0 Å². The number of aromatic amines is 1. The number of carbonyl (C=O) groups excluding carboxylic acids is 2. The number of nitrogens with zero attached hydrogens (tertiary/aromatic N) is 1. The molecule has 3 rings (SSSR count). The van der Waals surface area contributed by atoms with E-state index < -0.39 is 11.8 Å². The molecule has 25 heavy (non-hydrogen) atoms. The Hall–Kier alpha value is -3.32. The van der Waals surface area contributed by atoms with Gasteiger partial charge in [-0.3, -0.25) is 14.7 Å². The van der Waals surface area contributed by atoms with E-state index in [4.69, 9.17) is 11.6 Å². The molecule has 2 amide bonds. The summed E-state index contributed by atoms with van der Waals surface area (Å²) in [7, 11) is 0. The summed E-state index contributed by atoms with van der Waals surface area (Å²) in [5.74, 6) is -0.958. The molecule has 8 heteroatoms. The third kappa shape index (κ3) is 3.31. The van der Waals surface area contributed by atoms with Crippen molar-refractivity contribution in [2.75, 3.05) is 10.6 Å². The molecule has 0 atom stereocenters. The lowest BCUT2D eigenvalue weighted by molar-refractivity contribution is -0.111. The first-order valence-corrected chi connectivity index (χ1v) is 7.57. The van der Waals surface area contributed by atoms with Gasteiger partial charge in [0.25, 0.3) is 5.91 Å². The molecule has 0 aliphatic carbocycles. The van der Waals surface area contributed by atoms with Gasteiger partial charge in [0.1, 0.15) is 5.75 Å². The van der Waals surface area contributed by atoms with Crippen molar-refractivity contribution in [1.29, 1.82) is 0 Å². The van der Waals surface area contributed by atoms with Crippen LogP contribution in [0.4, 0.5) is 11.5 Å². The minimum absolute atomic E-state index is 0.0139. The molecular formula is C17H13ClN4O3. The summed E-state index contributed by atoms with van der Waals surface area (Å²) in [6.07, 6.45) is 1.10. The highest BCUT2D eigenvalue weighted by molar-refractivity contribution is 6.35. The van der Waals surface area contributed by atoms with Crippen LogP contribution in [0.1, 0.15) is 10.4 Å². The lowest BCUT2D eigenvalue weighted by Gasteiger charge is -2.08. The molecule has 2 aromatic carbocycles. The molecule has 0 fully saturated rings. The lowest BCUT2D eigenvalue weighted by Crippen LogP contribution is -2.14. The van der Waals surface area contributed by atoms with Gasteiger partial charge >= 0.3 is 0 Å². The second-order valence-electron chi connectivity index (χ2n) is 5.11. The van der Waals surface area contributed by atoms with E-state index >= 15 is 0 Å². The zero-order valence-electron chi connectivity index (χ0n) is 12.8. The van der Waals surface area contributed by atoms with E-state index in [0.717, 1.165) is 6.08 Å². The van der Waals surface area contributed by atoms with Gasteiger partial charge in [-0.05, 0) is 36.4 Å². The molecule has 0 saturated carbocycles. The van der Waals surface area contributed by atoms with Gasteiger partial charge in [0.15, 0.2) is 5.82 Å². The van der Waals surface area contributed by atoms with Gasteiger partial charge in [0.2, 0.25) is 5.91 Å². The number of H-pyrrole nitrogens is 1. The summed E-state index contributed by atoms with van der Waals surface area (Å²) >= 11 is 6.06. The predicted octanol–water partition coefficient (Wildman–Crippen LogP) is 3.30. The Morgan fingerprint density at radius 3 is 2.80 bits per heavy atom. The lowest BCUT2D eigenvalue weighted by atomic mass is 10.1. The van der Waals surface area contributed by atoms with Gasteiger partial charge in [-0.25, -0.2) is 0 Å². The minimum Gasteiger partial charge on any atom is -0.507 e. The third-order valence-electron chi connectivity index (χ3n) is 3.47. The number of hydrogen-bond donors (Lipinski definition) is 4. The number of halogens is 1.